The summed E-state index contributed by atoms with van der Waals surface area (Å²) in [6.07, 6.45) is 0. The summed E-state index contributed by atoms with van der Waals surface area (Å²) in [6.45, 7) is 0. The SMILES string of the molecule is c1ccc(-c2cc(-c3ccc4c(c3)sc3ccccc34)nc(-c3ccc4oc5c(ccc6c(-c7ccccc7)nc7ccccc7c65)c4c3)n2)cc1. The Balaban J connectivity index is 1.12. The summed E-state index contributed by atoms with van der Waals surface area (Å²) in [7, 11) is 0. The molecule has 0 saturated carbocycles. The second-order valence-electron chi connectivity index (χ2n) is 13.2. The molecule has 0 aliphatic carbocycles. The van der Waals surface area contributed by atoms with Crippen LogP contribution in [0.1, 0.15) is 0 Å². The van der Waals surface area contributed by atoms with Gasteiger partial charge in [-0.2, -0.15) is 0 Å². The van der Waals surface area contributed by atoms with Crippen LogP contribution in [-0.2, 0) is 0 Å². The number of para-hydroxylation sites is 1. The van der Waals surface area contributed by atoms with Crippen LogP contribution in [0.2, 0.25) is 0 Å². The van der Waals surface area contributed by atoms with Gasteiger partial charge in [-0.3, -0.25) is 0 Å². The molecule has 242 valence electrons. The third-order valence-electron chi connectivity index (χ3n) is 10.1. The number of pyridine rings is 1. The van der Waals surface area contributed by atoms with Crippen molar-refractivity contribution in [1.29, 1.82) is 0 Å². The molecule has 11 aromatic rings. The highest BCUT2D eigenvalue weighted by Crippen LogP contribution is 2.42. The first kappa shape index (κ1) is 29.1. The number of thiophene rings is 1. The topological polar surface area (TPSA) is 51.8 Å². The molecule has 0 N–H and O–H groups in total. The third kappa shape index (κ3) is 4.57. The maximum absolute atomic E-state index is 6.74. The van der Waals surface area contributed by atoms with E-state index in [0.29, 0.717) is 5.82 Å². The van der Waals surface area contributed by atoms with Crippen molar-refractivity contribution in [3.63, 3.8) is 0 Å². The van der Waals surface area contributed by atoms with E-state index in [1.165, 1.54) is 20.2 Å². The van der Waals surface area contributed by atoms with E-state index in [1.807, 2.05) is 29.5 Å². The molecule has 0 saturated heterocycles. The Labute approximate surface area is 302 Å². The molecule has 0 spiro atoms. The average molecular weight is 682 g/mol. The standard InChI is InChI=1S/C47H27N3OS/c1-3-11-28(12-4-1)39-27-40(30-19-21-33-32-15-8-10-18-42(32)52-43(33)26-30)50-47(49-39)31-20-24-41-37(25-31)34-22-23-36-44(46(34)51-41)35-16-7-9-17-38(35)48-45(36)29-13-5-2-6-14-29/h1-27H. The zero-order valence-electron chi connectivity index (χ0n) is 27.7. The van der Waals surface area contributed by atoms with Crippen LogP contribution < -0.4 is 0 Å². The van der Waals surface area contributed by atoms with Gasteiger partial charge in [0.15, 0.2) is 5.82 Å². The molecular weight excluding hydrogens is 655 g/mol. The minimum Gasteiger partial charge on any atom is -0.455 e. The van der Waals surface area contributed by atoms with Gasteiger partial charge in [-0.15, -0.1) is 11.3 Å². The normalized spacial score (nSPS) is 11.8. The van der Waals surface area contributed by atoms with Crippen molar-refractivity contribution >= 4 is 75.1 Å². The minimum absolute atomic E-state index is 0.672. The van der Waals surface area contributed by atoms with Crippen molar-refractivity contribution < 1.29 is 4.42 Å². The van der Waals surface area contributed by atoms with Gasteiger partial charge in [-0.25, -0.2) is 15.0 Å². The second-order valence-corrected chi connectivity index (χ2v) is 14.2. The first-order chi connectivity index (χ1) is 25.7. The predicted molar refractivity (Wildman–Crippen MR) is 217 cm³/mol. The van der Waals surface area contributed by atoms with Crippen LogP contribution in [0.3, 0.4) is 0 Å². The Morgan fingerprint density at radius 3 is 1.90 bits per heavy atom. The van der Waals surface area contributed by atoms with E-state index >= 15 is 0 Å². The first-order valence-electron chi connectivity index (χ1n) is 17.3. The number of aromatic nitrogens is 3. The van der Waals surface area contributed by atoms with Crippen molar-refractivity contribution in [2.45, 2.75) is 0 Å². The Bertz CT molecular complexity index is 3180. The minimum atomic E-state index is 0.672. The van der Waals surface area contributed by atoms with E-state index in [9.17, 15) is 0 Å². The zero-order valence-corrected chi connectivity index (χ0v) is 28.6. The number of rotatable bonds is 4. The Morgan fingerprint density at radius 1 is 0.404 bits per heavy atom. The lowest BCUT2D eigenvalue weighted by atomic mass is 9.97. The summed E-state index contributed by atoms with van der Waals surface area (Å²) in [5, 5.41) is 7.84. The summed E-state index contributed by atoms with van der Waals surface area (Å²) in [4.78, 5) is 15.5. The Kier molecular flexibility index (Phi) is 6.39. The molecule has 5 heteroatoms. The van der Waals surface area contributed by atoms with E-state index in [4.69, 9.17) is 19.4 Å². The number of hydrogen-bond acceptors (Lipinski definition) is 5. The van der Waals surface area contributed by atoms with Crippen LogP contribution in [0.4, 0.5) is 0 Å². The molecule has 0 unspecified atom stereocenters. The van der Waals surface area contributed by atoms with Crippen molar-refractivity contribution in [2.75, 3.05) is 0 Å². The van der Waals surface area contributed by atoms with Gasteiger partial charge in [-0.05, 0) is 48.5 Å². The van der Waals surface area contributed by atoms with Gasteiger partial charge >= 0.3 is 0 Å². The van der Waals surface area contributed by atoms with E-state index in [0.717, 1.165) is 82.9 Å². The van der Waals surface area contributed by atoms with Crippen LogP contribution in [-0.4, -0.2) is 15.0 Å². The third-order valence-corrected chi connectivity index (χ3v) is 11.2. The fourth-order valence-corrected chi connectivity index (χ4v) is 8.73. The van der Waals surface area contributed by atoms with Crippen molar-refractivity contribution in [1.82, 2.24) is 15.0 Å². The summed E-state index contributed by atoms with van der Waals surface area (Å²) in [5.41, 5.74) is 9.46. The molecule has 52 heavy (non-hydrogen) atoms. The number of hydrogen-bond donors (Lipinski definition) is 0. The Hall–Kier alpha value is -6.69. The smallest absolute Gasteiger partial charge is 0.160 e. The van der Waals surface area contributed by atoms with Gasteiger partial charge in [0, 0.05) is 69.4 Å². The Morgan fingerprint density at radius 2 is 1.06 bits per heavy atom. The highest BCUT2D eigenvalue weighted by atomic mass is 32.1. The van der Waals surface area contributed by atoms with E-state index < -0.39 is 0 Å². The summed E-state index contributed by atoms with van der Waals surface area (Å²) in [6, 6.07) is 57.1. The van der Waals surface area contributed by atoms with Crippen molar-refractivity contribution in [2.24, 2.45) is 0 Å². The van der Waals surface area contributed by atoms with Crippen molar-refractivity contribution in [3.8, 4) is 45.2 Å². The second kappa shape index (κ2) is 11.4. The molecule has 4 heterocycles. The average Bonchev–Trinajstić information content (AvgIpc) is 3.78. The number of nitrogens with zero attached hydrogens (tertiary/aromatic N) is 3. The molecule has 0 fully saturated rings. The lowest BCUT2D eigenvalue weighted by Gasteiger charge is -2.10. The molecule has 7 aromatic carbocycles. The molecule has 4 aromatic heterocycles. The lowest BCUT2D eigenvalue weighted by Crippen LogP contribution is -1.95. The van der Waals surface area contributed by atoms with Crippen LogP contribution in [0, 0.1) is 0 Å². The monoisotopic (exact) mass is 681 g/mol. The van der Waals surface area contributed by atoms with Gasteiger partial charge in [0.05, 0.1) is 22.6 Å². The van der Waals surface area contributed by atoms with E-state index in [-0.39, 0.29) is 0 Å². The van der Waals surface area contributed by atoms with E-state index in [2.05, 4.69) is 146 Å². The van der Waals surface area contributed by atoms with Gasteiger partial charge < -0.3 is 4.42 Å². The molecule has 0 radical (unpaired) electrons. The van der Waals surface area contributed by atoms with Crippen LogP contribution in [0.25, 0.3) is 109 Å². The van der Waals surface area contributed by atoms with Gasteiger partial charge in [0.1, 0.15) is 11.2 Å². The molecule has 0 amide bonds. The summed E-state index contributed by atoms with van der Waals surface area (Å²) in [5.74, 6) is 0.672. The zero-order chi connectivity index (χ0) is 34.2. The number of furan rings is 1. The van der Waals surface area contributed by atoms with Crippen LogP contribution >= 0.6 is 11.3 Å². The summed E-state index contributed by atoms with van der Waals surface area (Å²) >= 11 is 1.82. The maximum Gasteiger partial charge on any atom is 0.160 e. The van der Waals surface area contributed by atoms with Crippen LogP contribution in [0.15, 0.2) is 168 Å². The molecule has 4 nitrogen and oxygen atoms in total. The highest BCUT2D eigenvalue weighted by molar-refractivity contribution is 7.25. The first-order valence-corrected chi connectivity index (χ1v) is 18.2. The van der Waals surface area contributed by atoms with Gasteiger partial charge in [0.2, 0.25) is 0 Å². The molecule has 0 aliphatic heterocycles. The quantitative estimate of drug-likeness (QED) is 0.174. The fourth-order valence-electron chi connectivity index (χ4n) is 7.59. The molecular formula is C47H27N3OS. The van der Waals surface area contributed by atoms with Crippen LogP contribution in [0.5, 0.6) is 0 Å². The highest BCUT2D eigenvalue weighted by Gasteiger charge is 2.19. The summed E-state index contributed by atoms with van der Waals surface area (Å²) < 4.78 is 9.28. The largest absolute Gasteiger partial charge is 0.455 e. The molecule has 0 bridgehead atoms. The maximum atomic E-state index is 6.74. The van der Waals surface area contributed by atoms with Gasteiger partial charge in [-0.1, -0.05) is 115 Å². The van der Waals surface area contributed by atoms with E-state index in [1.54, 1.807) is 0 Å². The number of fused-ring (bicyclic) bond motifs is 10. The number of benzene rings is 7. The predicted octanol–water partition coefficient (Wildman–Crippen LogP) is 13.1. The molecule has 0 aliphatic rings. The van der Waals surface area contributed by atoms with Gasteiger partial charge in [0.25, 0.3) is 0 Å². The fraction of sp³-hybridized carbons (Fsp3) is 0. The molecule has 11 rings (SSSR count). The lowest BCUT2D eigenvalue weighted by molar-refractivity contribution is 0.673. The molecule has 0 atom stereocenters. The van der Waals surface area contributed by atoms with Crippen molar-refractivity contribution in [3.05, 3.63) is 164 Å².